The zero-order chi connectivity index (χ0) is 13.2. The van der Waals surface area contributed by atoms with Crippen LogP contribution in [0.15, 0.2) is 30.3 Å². The van der Waals surface area contributed by atoms with Crippen molar-refractivity contribution in [3.63, 3.8) is 0 Å². The van der Waals surface area contributed by atoms with Gasteiger partial charge in [-0.15, -0.1) is 0 Å². The average Bonchev–Trinajstić information content (AvgIpc) is 3.06. The summed E-state index contributed by atoms with van der Waals surface area (Å²) in [6, 6.07) is 9.47. The third kappa shape index (κ3) is 2.23. The van der Waals surface area contributed by atoms with Gasteiger partial charge in [0.25, 0.3) is 0 Å². The molecule has 2 N–H and O–H groups in total. The van der Waals surface area contributed by atoms with Crippen LogP contribution in [-0.2, 0) is 9.59 Å². The van der Waals surface area contributed by atoms with Crippen molar-refractivity contribution >= 4 is 11.9 Å². The second-order valence-electron chi connectivity index (χ2n) is 4.74. The Morgan fingerprint density at radius 3 is 2.61 bits per heavy atom. The van der Waals surface area contributed by atoms with Crippen LogP contribution in [-0.4, -0.2) is 22.5 Å². The summed E-state index contributed by atoms with van der Waals surface area (Å²) in [5.74, 6) is -1.24. The van der Waals surface area contributed by atoms with Gasteiger partial charge in [-0.05, 0) is 18.4 Å². The summed E-state index contributed by atoms with van der Waals surface area (Å²) < 4.78 is 0. The lowest BCUT2D eigenvalue weighted by atomic mass is 10.1. The van der Waals surface area contributed by atoms with Gasteiger partial charge in [0.1, 0.15) is 5.54 Å². The van der Waals surface area contributed by atoms with Gasteiger partial charge >= 0.3 is 5.97 Å². The Kier molecular flexibility index (Phi) is 3.36. The molecule has 1 aromatic carbocycles. The molecule has 2 atom stereocenters. The molecule has 1 aliphatic rings. The molecule has 1 aliphatic carbocycles. The number of aliphatic carboxylic acids is 1. The van der Waals surface area contributed by atoms with Crippen LogP contribution in [0.25, 0.3) is 0 Å². The van der Waals surface area contributed by atoms with Gasteiger partial charge in [-0.3, -0.25) is 4.79 Å². The zero-order valence-electron chi connectivity index (χ0n) is 10.3. The first kappa shape index (κ1) is 12.6. The molecule has 1 fully saturated rings. The number of carboxylic acid groups (broad SMARTS) is 1. The summed E-state index contributed by atoms with van der Waals surface area (Å²) in [6.07, 6.45) is 1.57. The highest BCUT2D eigenvalue weighted by Crippen LogP contribution is 2.51. The second kappa shape index (κ2) is 4.80. The minimum Gasteiger partial charge on any atom is -0.479 e. The Bertz CT molecular complexity index is 457. The number of hydrogen-bond donors (Lipinski definition) is 2. The molecule has 0 bridgehead atoms. The van der Waals surface area contributed by atoms with E-state index in [4.69, 9.17) is 0 Å². The van der Waals surface area contributed by atoms with Crippen LogP contribution in [0.2, 0.25) is 0 Å². The normalized spacial score (nSPS) is 25.5. The highest BCUT2D eigenvalue weighted by Gasteiger charge is 2.62. The van der Waals surface area contributed by atoms with E-state index >= 15 is 0 Å². The Morgan fingerprint density at radius 2 is 2.06 bits per heavy atom. The van der Waals surface area contributed by atoms with E-state index in [1.54, 1.807) is 0 Å². The van der Waals surface area contributed by atoms with E-state index in [1.165, 1.54) is 0 Å². The van der Waals surface area contributed by atoms with Crippen molar-refractivity contribution in [3.8, 4) is 0 Å². The third-order valence-electron chi connectivity index (χ3n) is 3.38. The van der Waals surface area contributed by atoms with E-state index in [9.17, 15) is 14.7 Å². The maximum Gasteiger partial charge on any atom is 0.330 e. The first-order chi connectivity index (χ1) is 8.60. The predicted molar refractivity (Wildman–Crippen MR) is 67.2 cm³/mol. The number of benzene rings is 1. The van der Waals surface area contributed by atoms with Crippen LogP contribution < -0.4 is 5.32 Å². The fraction of sp³-hybridized carbons (Fsp3) is 0.429. The van der Waals surface area contributed by atoms with E-state index in [0.717, 1.165) is 12.0 Å². The average molecular weight is 247 g/mol. The summed E-state index contributed by atoms with van der Waals surface area (Å²) in [5.41, 5.74) is -0.121. The molecular weight excluding hydrogens is 230 g/mol. The Labute approximate surface area is 106 Å². The number of carboxylic acids is 1. The molecule has 4 nitrogen and oxygen atoms in total. The van der Waals surface area contributed by atoms with Crippen LogP contribution in [0.4, 0.5) is 0 Å². The molecule has 18 heavy (non-hydrogen) atoms. The first-order valence-electron chi connectivity index (χ1n) is 6.19. The fourth-order valence-electron chi connectivity index (χ4n) is 2.32. The van der Waals surface area contributed by atoms with Crippen molar-refractivity contribution in [3.05, 3.63) is 35.9 Å². The van der Waals surface area contributed by atoms with Gasteiger partial charge in [0.15, 0.2) is 0 Å². The van der Waals surface area contributed by atoms with Gasteiger partial charge in [0.05, 0.1) is 0 Å². The van der Waals surface area contributed by atoms with Crippen molar-refractivity contribution in [2.75, 3.05) is 0 Å². The lowest BCUT2D eigenvalue weighted by Gasteiger charge is -2.14. The molecule has 0 spiro atoms. The Hall–Kier alpha value is -1.84. The summed E-state index contributed by atoms with van der Waals surface area (Å²) in [7, 11) is 0. The summed E-state index contributed by atoms with van der Waals surface area (Å²) in [6.45, 7) is 1.90. The standard InChI is InChI=1S/C14H17NO3/c1-2-6-12(16)15-14(13(17)18)9-11(14)10-7-4-3-5-8-10/h3-5,7-8,11H,2,6,9H2,1H3,(H,15,16)(H,17,18). The van der Waals surface area contributed by atoms with E-state index in [0.29, 0.717) is 12.8 Å². The third-order valence-corrected chi connectivity index (χ3v) is 3.38. The first-order valence-corrected chi connectivity index (χ1v) is 6.19. The van der Waals surface area contributed by atoms with Gasteiger partial charge in [-0.2, -0.15) is 0 Å². The maximum absolute atomic E-state index is 11.6. The lowest BCUT2D eigenvalue weighted by Crippen LogP contribution is -2.44. The fourth-order valence-corrected chi connectivity index (χ4v) is 2.32. The van der Waals surface area contributed by atoms with Crippen molar-refractivity contribution in [2.24, 2.45) is 0 Å². The van der Waals surface area contributed by atoms with Crippen molar-refractivity contribution in [1.82, 2.24) is 5.32 Å². The van der Waals surface area contributed by atoms with E-state index in [-0.39, 0.29) is 11.8 Å². The van der Waals surface area contributed by atoms with Crippen LogP contribution in [0.3, 0.4) is 0 Å². The number of nitrogens with one attached hydrogen (secondary N) is 1. The van der Waals surface area contributed by atoms with Crippen LogP contribution >= 0.6 is 0 Å². The van der Waals surface area contributed by atoms with Crippen LogP contribution in [0, 0.1) is 0 Å². The van der Waals surface area contributed by atoms with Gasteiger partial charge < -0.3 is 10.4 Å². The number of hydrogen-bond acceptors (Lipinski definition) is 2. The molecule has 4 heteroatoms. The van der Waals surface area contributed by atoms with E-state index < -0.39 is 11.5 Å². The lowest BCUT2D eigenvalue weighted by molar-refractivity contribution is -0.143. The van der Waals surface area contributed by atoms with Crippen molar-refractivity contribution in [1.29, 1.82) is 0 Å². The minimum atomic E-state index is -1.09. The molecule has 1 saturated carbocycles. The zero-order valence-corrected chi connectivity index (χ0v) is 10.3. The second-order valence-corrected chi connectivity index (χ2v) is 4.74. The molecule has 2 unspecified atom stereocenters. The van der Waals surface area contributed by atoms with Crippen molar-refractivity contribution < 1.29 is 14.7 Å². The summed E-state index contributed by atoms with van der Waals surface area (Å²) in [4.78, 5) is 23.0. The van der Waals surface area contributed by atoms with E-state index in [1.807, 2.05) is 37.3 Å². The molecule has 1 amide bonds. The van der Waals surface area contributed by atoms with E-state index in [2.05, 4.69) is 5.32 Å². The highest BCUT2D eigenvalue weighted by atomic mass is 16.4. The SMILES string of the molecule is CCCC(=O)NC1(C(=O)O)CC1c1ccccc1. The summed E-state index contributed by atoms with van der Waals surface area (Å²) in [5, 5.41) is 12.0. The van der Waals surface area contributed by atoms with Crippen molar-refractivity contribution in [2.45, 2.75) is 37.6 Å². The molecule has 2 rings (SSSR count). The molecule has 1 aromatic rings. The molecular formula is C14H17NO3. The van der Waals surface area contributed by atoms with Gasteiger partial charge in [-0.1, -0.05) is 37.3 Å². The van der Waals surface area contributed by atoms with Crippen LogP contribution in [0.5, 0.6) is 0 Å². The van der Waals surface area contributed by atoms with Gasteiger partial charge in [-0.25, -0.2) is 4.79 Å². The highest BCUT2D eigenvalue weighted by molar-refractivity contribution is 5.91. The number of carbonyl (C=O) groups is 2. The molecule has 0 radical (unpaired) electrons. The molecule has 0 aliphatic heterocycles. The molecule has 96 valence electrons. The predicted octanol–water partition coefficient (Wildman–Crippen LogP) is 1.91. The molecule has 0 saturated heterocycles. The Morgan fingerprint density at radius 1 is 1.39 bits per heavy atom. The monoisotopic (exact) mass is 247 g/mol. The smallest absolute Gasteiger partial charge is 0.330 e. The summed E-state index contributed by atoms with van der Waals surface area (Å²) >= 11 is 0. The van der Waals surface area contributed by atoms with Gasteiger partial charge in [0.2, 0.25) is 5.91 Å². The number of amides is 1. The maximum atomic E-state index is 11.6. The largest absolute Gasteiger partial charge is 0.479 e. The topological polar surface area (TPSA) is 66.4 Å². The van der Waals surface area contributed by atoms with Crippen LogP contribution in [0.1, 0.15) is 37.7 Å². The number of rotatable bonds is 5. The molecule has 0 aromatic heterocycles. The number of carbonyl (C=O) groups excluding carboxylic acids is 1. The van der Waals surface area contributed by atoms with Gasteiger partial charge in [0, 0.05) is 12.3 Å². The molecule has 0 heterocycles. The minimum absolute atomic E-state index is 0.114. The Balaban J connectivity index is 2.13. The quantitative estimate of drug-likeness (QED) is 0.835.